The third kappa shape index (κ3) is 5.42. The molecule has 2 heterocycles. The molecule has 0 atom stereocenters. The number of amides is 1. The van der Waals surface area contributed by atoms with E-state index in [-0.39, 0.29) is 37.2 Å². The van der Waals surface area contributed by atoms with E-state index in [1.807, 2.05) is 31.2 Å². The number of rotatable bonds is 9. The number of hydrogen-bond acceptors (Lipinski definition) is 6. The number of furan rings is 1. The molecule has 1 amide bonds. The van der Waals surface area contributed by atoms with Crippen molar-refractivity contribution >= 4 is 15.9 Å². The Morgan fingerprint density at radius 1 is 0.972 bits per heavy atom. The topological polar surface area (TPSA) is 89.3 Å². The number of nitrogens with zero attached hydrogens (tertiary/aromatic N) is 2. The maximum absolute atomic E-state index is 13.8. The first kappa shape index (κ1) is 25.8. The van der Waals surface area contributed by atoms with Gasteiger partial charge in [0.2, 0.25) is 22.7 Å². The summed E-state index contributed by atoms with van der Waals surface area (Å²) in [6, 6.07) is 12.3. The van der Waals surface area contributed by atoms with Crippen LogP contribution in [0.5, 0.6) is 11.5 Å². The summed E-state index contributed by atoms with van der Waals surface area (Å²) in [6.07, 6.45) is 1.55. The van der Waals surface area contributed by atoms with E-state index in [1.165, 1.54) is 4.31 Å². The minimum absolute atomic E-state index is 0.160. The van der Waals surface area contributed by atoms with Crippen LogP contribution in [0.4, 0.5) is 0 Å². The van der Waals surface area contributed by atoms with E-state index in [0.29, 0.717) is 28.4 Å². The molecule has 0 radical (unpaired) electrons. The fraction of sp³-hybridized carbons (Fsp3) is 0.370. The second-order valence-corrected chi connectivity index (χ2v) is 11.2. The highest BCUT2D eigenvalue weighted by Crippen LogP contribution is 2.33. The number of fused-ring (bicyclic) bond motifs is 1. The SMILES string of the molecule is Cc1cc(C)c(S(=O)(=O)N(CC(=O)N(Cc2ccc3c(c2)OCO3)Cc2ccco2)C(C)C)c(C)c1. The molecule has 0 saturated carbocycles. The summed E-state index contributed by atoms with van der Waals surface area (Å²) < 4.78 is 45.2. The number of benzene rings is 2. The Kier molecular flexibility index (Phi) is 7.42. The van der Waals surface area contributed by atoms with Crippen molar-refractivity contribution in [3.63, 3.8) is 0 Å². The number of hydrogen-bond donors (Lipinski definition) is 0. The molecule has 0 saturated heterocycles. The summed E-state index contributed by atoms with van der Waals surface area (Å²) in [5.41, 5.74) is 3.16. The standard InChI is InChI=1S/C27H32N2O6S/c1-18(2)29(36(31,32)27-20(4)11-19(3)12-21(27)5)16-26(30)28(15-23-7-6-10-33-23)14-22-8-9-24-25(13-22)35-17-34-24/h6-13,18H,14-17H2,1-5H3. The highest BCUT2D eigenvalue weighted by Gasteiger charge is 2.33. The van der Waals surface area contributed by atoms with E-state index in [2.05, 4.69) is 0 Å². The van der Waals surface area contributed by atoms with Crippen molar-refractivity contribution in [2.45, 2.75) is 58.6 Å². The molecule has 2 aromatic carbocycles. The van der Waals surface area contributed by atoms with Crippen molar-refractivity contribution in [3.8, 4) is 11.5 Å². The minimum atomic E-state index is -3.92. The monoisotopic (exact) mass is 512 g/mol. The van der Waals surface area contributed by atoms with Crippen LogP contribution >= 0.6 is 0 Å². The zero-order valence-corrected chi connectivity index (χ0v) is 22.1. The van der Waals surface area contributed by atoms with Gasteiger partial charge in [0.25, 0.3) is 0 Å². The number of carbonyl (C=O) groups is 1. The van der Waals surface area contributed by atoms with Crippen LogP contribution in [0, 0.1) is 20.8 Å². The molecular weight excluding hydrogens is 480 g/mol. The van der Waals surface area contributed by atoms with Gasteiger partial charge in [0.15, 0.2) is 11.5 Å². The van der Waals surface area contributed by atoms with E-state index in [0.717, 1.165) is 11.1 Å². The summed E-state index contributed by atoms with van der Waals surface area (Å²) in [4.78, 5) is 15.5. The van der Waals surface area contributed by atoms with E-state index >= 15 is 0 Å². The van der Waals surface area contributed by atoms with Gasteiger partial charge >= 0.3 is 0 Å². The predicted molar refractivity (Wildman–Crippen MR) is 135 cm³/mol. The van der Waals surface area contributed by atoms with Gasteiger partial charge in [-0.2, -0.15) is 4.31 Å². The van der Waals surface area contributed by atoms with Crippen LogP contribution in [-0.2, 0) is 27.9 Å². The molecule has 0 fully saturated rings. The average Bonchev–Trinajstić information content (AvgIpc) is 3.47. The summed E-state index contributed by atoms with van der Waals surface area (Å²) in [6.45, 7) is 9.39. The molecule has 0 N–H and O–H groups in total. The third-order valence-corrected chi connectivity index (χ3v) is 8.46. The Hall–Kier alpha value is -3.30. The molecule has 1 aliphatic rings. The van der Waals surface area contributed by atoms with E-state index in [1.54, 1.807) is 57.1 Å². The smallest absolute Gasteiger partial charge is 0.244 e. The van der Waals surface area contributed by atoms with Crippen molar-refractivity contribution in [1.82, 2.24) is 9.21 Å². The molecule has 9 heteroatoms. The highest BCUT2D eigenvalue weighted by atomic mass is 32.2. The largest absolute Gasteiger partial charge is 0.467 e. The Balaban J connectivity index is 1.63. The molecule has 1 aromatic heterocycles. The predicted octanol–water partition coefficient (Wildman–Crippen LogP) is 4.56. The zero-order chi connectivity index (χ0) is 26.0. The summed E-state index contributed by atoms with van der Waals surface area (Å²) in [5, 5.41) is 0. The van der Waals surface area contributed by atoms with Crippen LogP contribution in [0.15, 0.2) is 58.0 Å². The van der Waals surface area contributed by atoms with Crippen molar-refractivity contribution in [2.24, 2.45) is 0 Å². The highest BCUT2D eigenvalue weighted by molar-refractivity contribution is 7.89. The van der Waals surface area contributed by atoms with Gasteiger partial charge in [-0.25, -0.2) is 8.42 Å². The van der Waals surface area contributed by atoms with Gasteiger partial charge in [0.05, 0.1) is 24.2 Å². The summed E-state index contributed by atoms with van der Waals surface area (Å²) in [5.74, 6) is 1.55. The Morgan fingerprint density at radius 3 is 2.31 bits per heavy atom. The average molecular weight is 513 g/mol. The Labute approximate surface area is 212 Å². The van der Waals surface area contributed by atoms with Gasteiger partial charge in [0, 0.05) is 12.6 Å². The molecule has 1 aliphatic heterocycles. The van der Waals surface area contributed by atoms with Gasteiger partial charge in [-0.1, -0.05) is 23.8 Å². The molecule has 4 rings (SSSR count). The second kappa shape index (κ2) is 10.4. The van der Waals surface area contributed by atoms with Crippen LogP contribution < -0.4 is 9.47 Å². The molecule has 3 aromatic rings. The molecule has 0 unspecified atom stereocenters. The second-order valence-electron chi connectivity index (χ2n) is 9.39. The number of carbonyl (C=O) groups excluding carboxylic acids is 1. The lowest BCUT2D eigenvalue weighted by atomic mass is 10.1. The third-order valence-electron chi connectivity index (χ3n) is 6.13. The fourth-order valence-corrected chi connectivity index (χ4v) is 6.55. The van der Waals surface area contributed by atoms with E-state index in [4.69, 9.17) is 13.9 Å². The maximum atomic E-state index is 13.8. The quantitative estimate of drug-likeness (QED) is 0.418. The fourth-order valence-electron chi connectivity index (χ4n) is 4.55. The van der Waals surface area contributed by atoms with Gasteiger partial charge in [-0.3, -0.25) is 4.79 Å². The molecule has 36 heavy (non-hydrogen) atoms. The van der Waals surface area contributed by atoms with Crippen molar-refractivity contribution in [1.29, 1.82) is 0 Å². The van der Waals surface area contributed by atoms with Crippen LogP contribution in [0.2, 0.25) is 0 Å². The lowest BCUT2D eigenvalue weighted by Gasteiger charge is -2.30. The van der Waals surface area contributed by atoms with E-state index in [9.17, 15) is 13.2 Å². The van der Waals surface area contributed by atoms with Crippen LogP contribution in [0.25, 0.3) is 0 Å². The molecule has 0 bridgehead atoms. The van der Waals surface area contributed by atoms with E-state index < -0.39 is 16.1 Å². The van der Waals surface area contributed by atoms with Gasteiger partial charge in [-0.15, -0.1) is 0 Å². The number of aryl methyl sites for hydroxylation is 3. The zero-order valence-electron chi connectivity index (χ0n) is 21.3. The van der Waals surface area contributed by atoms with Gasteiger partial charge in [-0.05, 0) is 75.6 Å². The lowest BCUT2D eigenvalue weighted by Crippen LogP contribution is -2.45. The van der Waals surface area contributed by atoms with Crippen LogP contribution in [0.1, 0.15) is 41.9 Å². The van der Waals surface area contributed by atoms with Gasteiger partial charge < -0.3 is 18.8 Å². The molecule has 0 aliphatic carbocycles. The summed E-state index contributed by atoms with van der Waals surface area (Å²) in [7, 11) is -3.92. The maximum Gasteiger partial charge on any atom is 0.244 e. The van der Waals surface area contributed by atoms with Crippen molar-refractivity contribution in [2.75, 3.05) is 13.3 Å². The minimum Gasteiger partial charge on any atom is -0.467 e. The van der Waals surface area contributed by atoms with Crippen LogP contribution in [0.3, 0.4) is 0 Å². The first-order valence-electron chi connectivity index (χ1n) is 11.8. The normalized spacial score (nSPS) is 13.0. The molecular formula is C27H32N2O6S. The molecule has 8 nitrogen and oxygen atoms in total. The number of sulfonamides is 1. The first-order valence-corrected chi connectivity index (χ1v) is 13.3. The Morgan fingerprint density at radius 2 is 1.67 bits per heavy atom. The van der Waals surface area contributed by atoms with Gasteiger partial charge in [0.1, 0.15) is 5.76 Å². The molecule has 192 valence electrons. The summed E-state index contributed by atoms with van der Waals surface area (Å²) >= 11 is 0. The Bertz CT molecular complexity index is 1330. The number of ether oxygens (including phenoxy) is 2. The van der Waals surface area contributed by atoms with Crippen molar-refractivity contribution in [3.05, 3.63) is 76.7 Å². The first-order chi connectivity index (χ1) is 17.1. The van der Waals surface area contributed by atoms with Crippen LogP contribution in [-0.4, -0.2) is 42.9 Å². The lowest BCUT2D eigenvalue weighted by molar-refractivity contribution is -0.133. The van der Waals surface area contributed by atoms with Crippen molar-refractivity contribution < 1.29 is 27.1 Å². The molecule has 0 spiro atoms.